The van der Waals surface area contributed by atoms with Crippen LogP contribution in [0.4, 0.5) is 17.5 Å². The van der Waals surface area contributed by atoms with Gasteiger partial charge in [-0.15, -0.1) is 5.10 Å². The van der Waals surface area contributed by atoms with E-state index in [2.05, 4.69) is 40.4 Å². The number of hydrogen-bond acceptors (Lipinski definition) is 7. The maximum Gasteiger partial charge on any atom is 0.247 e. The summed E-state index contributed by atoms with van der Waals surface area (Å²) in [5, 5.41) is 11.4. The highest BCUT2D eigenvalue weighted by Crippen LogP contribution is 2.27. The van der Waals surface area contributed by atoms with Crippen LogP contribution in [-0.4, -0.2) is 48.2 Å². The van der Waals surface area contributed by atoms with Gasteiger partial charge in [0.1, 0.15) is 0 Å². The van der Waals surface area contributed by atoms with Crippen LogP contribution in [0.15, 0.2) is 30.5 Å². The Morgan fingerprint density at radius 3 is 2.72 bits per heavy atom. The molecule has 2 aromatic rings. The topological polar surface area (TPSA) is 88.1 Å². The second-order valence-corrected chi connectivity index (χ2v) is 8.91. The predicted molar refractivity (Wildman–Crippen MR) is 99.1 cm³/mol. The number of nitrogens with zero attached hydrogens (tertiary/aromatic N) is 4. The maximum atomic E-state index is 11.7. The Morgan fingerprint density at radius 1 is 1.28 bits per heavy atom. The molecule has 1 unspecified atom stereocenters. The minimum atomic E-state index is -2.96. The molecule has 1 saturated heterocycles. The number of aromatic nitrogens is 3. The van der Waals surface area contributed by atoms with Gasteiger partial charge in [0.2, 0.25) is 5.95 Å². The zero-order chi connectivity index (χ0) is 18.0. The summed E-state index contributed by atoms with van der Waals surface area (Å²) in [5.41, 5.74) is 2.17. The summed E-state index contributed by atoms with van der Waals surface area (Å²) in [4.78, 5) is 6.31. The minimum Gasteiger partial charge on any atom is -0.339 e. The van der Waals surface area contributed by atoms with Gasteiger partial charge < -0.3 is 10.2 Å². The van der Waals surface area contributed by atoms with Crippen molar-refractivity contribution >= 4 is 27.3 Å². The third-order valence-corrected chi connectivity index (χ3v) is 6.22. The smallest absolute Gasteiger partial charge is 0.247 e. The fourth-order valence-corrected chi connectivity index (χ4v) is 4.77. The van der Waals surface area contributed by atoms with Gasteiger partial charge in [-0.25, -0.2) is 8.42 Å². The Hall–Kier alpha value is -2.22. The molecular formula is C17H23N5O2S. The lowest BCUT2D eigenvalue weighted by molar-refractivity contribution is 0.600. The molecule has 1 aromatic carbocycles. The molecule has 7 nitrogen and oxygen atoms in total. The Morgan fingerprint density at radius 2 is 2.04 bits per heavy atom. The van der Waals surface area contributed by atoms with E-state index in [1.165, 1.54) is 5.56 Å². The molecule has 0 aliphatic carbocycles. The van der Waals surface area contributed by atoms with Crippen molar-refractivity contribution in [2.75, 3.05) is 28.8 Å². The van der Waals surface area contributed by atoms with Gasteiger partial charge in [0.15, 0.2) is 15.7 Å². The van der Waals surface area contributed by atoms with Crippen molar-refractivity contribution in [3.8, 4) is 0 Å². The second kappa shape index (κ2) is 6.95. The van der Waals surface area contributed by atoms with Crippen molar-refractivity contribution in [2.24, 2.45) is 0 Å². The molecule has 25 heavy (non-hydrogen) atoms. The first-order valence-electron chi connectivity index (χ1n) is 8.34. The summed E-state index contributed by atoms with van der Waals surface area (Å²) >= 11 is 0. The van der Waals surface area contributed by atoms with Gasteiger partial charge in [-0.05, 0) is 24.0 Å². The van der Waals surface area contributed by atoms with E-state index in [1.807, 2.05) is 25.2 Å². The molecule has 1 aliphatic heterocycles. The van der Waals surface area contributed by atoms with Crippen LogP contribution in [0.3, 0.4) is 0 Å². The van der Waals surface area contributed by atoms with Gasteiger partial charge >= 0.3 is 0 Å². The number of anilines is 3. The summed E-state index contributed by atoms with van der Waals surface area (Å²) in [5.74, 6) is 1.75. The van der Waals surface area contributed by atoms with Crippen LogP contribution in [0.1, 0.15) is 31.7 Å². The number of sulfone groups is 1. The Kier molecular flexibility index (Phi) is 4.89. The highest BCUT2D eigenvalue weighted by atomic mass is 32.2. The lowest BCUT2D eigenvalue weighted by Gasteiger charge is -2.23. The highest BCUT2D eigenvalue weighted by Gasteiger charge is 2.32. The zero-order valence-corrected chi connectivity index (χ0v) is 15.5. The molecular weight excluding hydrogens is 338 g/mol. The first-order chi connectivity index (χ1) is 11.9. The number of rotatable bonds is 5. The Balaban J connectivity index is 1.81. The largest absolute Gasteiger partial charge is 0.339 e. The van der Waals surface area contributed by atoms with E-state index in [0.29, 0.717) is 24.1 Å². The molecule has 3 rings (SSSR count). The van der Waals surface area contributed by atoms with Gasteiger partial charge in [-0.1, -0.05) is 32.0 Å². The van der Waals surface area contributed by atoms with Crippen molar-refractivity contribution in [3.63, 3.8) is 0 Å². The van der Waals surface area contributed by atoms with E-state index >= 15 is 0 Å². The number of hydrogen-bond donors (Lipinski definition) is 1. The zero-order valence-electron chi connectivity index (χ0n) is 14.7. The fourth-order valence-electron chi connectivity index (χ4n) is 3.00. The normalized spacial score (nSPS) is 19.1. The van der Waals surface area contributed by atoms with Gasteiger partial charge in [0.25, 0.3) is 0 Å². The van der Waals surface area contributed by atoms with Crippen molar-refractivity contribution in [3.05, 3.63) is 36.0 Å². The molecule has 1 aromatic heterocycles. The summed E-state index contributed by atoms with van der Waals surface area (Å²) in [6, 6.07) is 7.96. The first-order valence-corrected chi connectivity index (χ1v) is 10.2. The van der Waals surface area contributed by atoms with E-state index in [9.17, 15) is 8.42 Å². The molecule has 0 bridgehead atoms. The van der Waals surface area contributed by atoms with Crippen LogP contribution >= 0.6 is 0 Å². The number of nitrogens with one attached hydrogen (secondary N) is 1. The second-order valence-electron chi connectivity index (χ2n) is 6.68. The molecule has 1 atom stereocenters. The van der Waals surface area contributed by atoms with Gasteiger partial charge in [-0.2, -0.15) is 10.1 Å². The third kappa shape index (κ3) is 4.07. The average molecular weight is 361 g/mol. The van der Waals surface area contributed by atoms with Gasteiger partial charge in [0, 0.05) is 18.8 Å². The Labute approximate surface area is 148 Å². The molecule has 0 saturated carbocycles. The lowest BCUT2D eigenvalue weighted by atomic mass is 10.0. The molecule has 1 N–H and O–H groups in total. The van der Waals surface area contributed by atoms with Gasteiger partial charge in [0.05, 0.1) is 17.7 Å². The standard InChI is InChI=1S/C17H23N5O2S/c1-12(2)14-6-4-5-7-15(14)19-16-10-18-21-17(20-16)22(3)13-8-9-25(23,24)11-13/h4-7,10,12-13H,8-9,11H2,1-3H3,(H,19,20,21). The van der Waals surface area contributed by atoms with E-state index in [-0.39, 0.29) is 17.5 Å². The van der Waals surface area contributed by atoms with Crippen molar-refractivity contribution in [1.82, 2.24) is 15.2 Å². The molecule has 0 spiro atoms. The fraction of sp³-hybridized carbons (Fsp3) is 0.471. The van der Waals surface area contributed by atoms with Crippen LogP contribution in [0.5, 0.6) is 0 Å². The van der Waals surface area contributed by atoms with E-state index in [4.69, 9.17) is 0 Å². The molecule has 134 valence electrons. The van der Waals surface area contributed by atoms with E-state index in [0.717, 1.165) is 5.69 Å². The lowest BCUT2D eigenvalue weighted by Crippen LogP contribution is -2.34. The number of benzene rings is 1. The van der Waals surface area contributed by atoms with E-state index < -0.39 is 9.84 Å². The molecule has 0 radical (unpaired) electrons. The Bertz CT molecular complexity index is 854. The van der Waals surface area contributed by atoms with Gasteiger partial charge in [-0.3, -0.25) is 0 Å². The van der Waals surface area contributed by atoms with Crippen molar-refractivity contribution in [2.45, 2.75) is 32.2 Å². The molecule has 2 heterocycles. The van der Waals surface area contributed by atoms with Crippen LogP contribution in [0.2, 0.25) is 0 Å². The number of para-hydroxylation sites is 1. The molecule has 1 aliphatic rings. The average Bonchev–Trinajstić information content (AvgIpc) is 2.95. The maximum absolute atomic E-state index is 11.7. The summed E-state index contributed by atoms with van der Waals surface area (Å²) in [7, 11) is -1.14. The predicted octanol–water partition coefficient (Wildman–Crippen LogP) is 2.36. The summed E-state index contributed by atoms with van der Waals surface area (Å²) < 4.78 is 23.4. The molecule has 1 fully saturated rings. The van der Waals surface area contributed by atoms with E-state index in [1.54, 1.807) is 11.1 Å². The van der Waals surface area contributed by atoms with Crippen LogP contribution in [0, 0.1) is 0 Å². The first kappa shape index (κ1) is 17.6. The summed E-state index contributed by atoms with van der Waals surface area (Å²) in [6.07, 6.45) is 2.16. The highest BCUT2D eigenvalue weighted by molar-refractivity contribution is 7.91. The van der Waals surface area contributed by atoms with Crippen LogP contribution in [-0.2, 0) is 9.84 Å². The monoisotopic (exact) mass is 361 g/mol. The minimum absolute atomic E-state index is 0.106. The molecule has 0 amide bonds. The quantitative estimate of drug-likeness (QED) is 0.874. The molecule has 8 heteroatoms. The van der Waals surface area contributed by atoms with Crippen LogP contribution < -0.4 is 10.2 Å². The SMILES string of the molecule is CC(C)c1ccccc1Nc1cnnc(N(C)C2CCS(=O)(=O)C2)n1. The third-order valence-electron chi connectivity index (χ3n) is 4.46. The van der Waals surface area contributed by atoms with Crippen LogP contribution in [0.25, 0.3) is 0 Å². The summed E-state index contributed by atoms with van der Waals surface area (Å²) in [6.45, 7) is 4.27. The van der Waals surface area contributed by atoms with Crippen molar-refractivity contribution < 1.29 is 8.42 Å². The van der Waals surface area contributed by atoms with Crippen molar-refractivity contribution in [1.29, 1.82) is 0 Å².